The molecule has 1 amide bonds. The summed E-state index contributed by atoms with van der Waals surface area (Å²) < 4.78 is 11.6. The number of rotatable bonds is 8. The zero-order valence-corrected chi connectivity index (χ0v) is 18.1. The molecule has 0 spiro atoms. The van der Waals surface area contributed by atoms with E-state index in [-0.39, 0.29) is 18.8 Å². The summed E-state index contributed by atoms with van der Waals surface area (Å²) in [6, 6.07) is 5.21. The number of hydrogen-bond acceptors (Lipinski definition) is 5. The maximum Gasteiger partial charge on any atom is 0.252 e. The number of ketones is 1. The topological polar surface area (TPSA) is 101 Å². The van der Waals surface area contributed by atoms with Gasteiger partial charge in [0.2, 0.25) is 5.91 Å². The van der Waals surface area contributed by atoms with Gasteiger partial charge in [0.25, 0.3) is 5.56 Å². The number of methoxy groups -OCH3 is 2. The lowest BCUT2D eigenvalue weighted by molar-refractivity contribution is -0.121. The Morgan fingerprint density at radius 1 is 1.17 bits per heavy atom. The smallest absolute Gasteiger partial charge is 0.252 e. The predicted octanol–water partition coefficient (Wildman–Crippen LogP) is 3.47. The highest BCUT2D eigenvalue weighted by molar-refractivity contribution is 6.31. The van der Waals surface area contributed by atoms with Crippen molar-refractivity contribution in [2.24, 2.45) is 5.73 Å². The van der Waals surface area contributed by atoms with Gasteiger partial charge in [-0.3, -0.25) is 19.0 Å². The van der Waals surface area contributed by atoms with Gasteiger partial charge < -0.3 is 15.2 Å². The quantitative estimate of drug-likeness (QED) is 0.656. The molecule has 0 radical (unpaired) electrons. The molecule has 1 aromatic heterocycles. The average molecular weight is 423 g/mol. The van der Waals surface area contributed by atoms with Crippen LogP contribution >= 0.6 is 11.6 Å². The number of halogens is 1. The molecule has 1 atom stereocenters. The number of ether oxygens (including phenoxy) is 2. The zero-order valence-electron chi connectivity index (χ0n) is 17.3. The molecular formula is C21H27ClN2O5. The average Bonchev–Trinajstić information content (AvgIpc) is 2.70. The second-order valence-electron chi connectivity index (χ2n) is 5.95. The van der Waals surface area contributed by atoms with E-state index in [1.807, 2.05) is 13.8 Å². The molecule has 2 rings (SSSR count). The third-order valence-electron chi connectivity index (χ3n) is 4.17. The zero-order chi connectivity index (χ0) is 22.1. The fourth-order valence-corrected chi connectivity index (χ4v) is 3.01. The molecule has 158 valence electrons. The van der Waals surface area contributed by atoms with Crippen molar-refractivity contribution in [1.29, 1.82) is 0 Å². The molecule has 0 bridgehead atoms. The van der Waals surface area contributed by atoms with Crippen LogP contribution in [0.2, 0.25) is 5.02 Å². The molecule has 0 fully saturated rings. The molecule has 0 saturated heterocycles. The molecular weight excluding hydrogens is 396 g/mol. The molecule has 8 heteroatoms. The van der Waals surface area contributed by atoms with Gasteiger partial charge in [-0.25, -0.2) is 0 Å². The van der Waals surface area contributed by atoms with Gasteiger partial charge in [0.15, 0.2) is 5.78 Å². The van der Waals surface area contributed by atoms with Crippen LogP contribution in [-0.2, 0) is 9.53 Å². The third-order valence-corrected chi connectivity index (χ3v) is 4.41. The Morgan fingerprint density at radius 2 is 1.83 bits per heavy atom. The monoisotopic (exact) mass is 422 g/mol. The Kier molecular flexibility index (Phi) is 9.58. The number of Topliss-reactive ketones (excluding diaryl/α,β-unsaturated/α-hetero) is 1. The van der Waals surface area contributed by atoms with Gasteiger partial charge in [0.05, 0.1) is 13.3 Å². The first-order valence-electron chi connectivity index (χ1n) is 9.19. The Balaban J connectivity index is 0.00000204. The van der Waals surface area contributed by atoms with E-state index in [1.54, 1.807) is 18.2 Å². The summed E-state index contributed by atoms with van der Waals surface area (Å²) in [6.07, 6.45) is 1.65. The first-order chi connectivity index (χ1) is 13.8. The van der Waals surface area contributed by atoms with Crippen LogP contribution in [0.3, 0.4) is 0 Å². The minimum atomic E-state index is -0.882. The summed E-state index contributed by atoms with van der Waals surface area (Å²) in [6.45, 7) is 5.68. The number of benzene rings is 1. The van der Waals surface area contributed by atoms with E-state index >= 15 is 0 Å². The number of aromatic nitrogens is 1. The van der Waals surface area contributed by atoms with E-state index in [2.05, 4.69) is 0 Å². The van der Waals surface area contributed by atoms with Crippen molar-refractivity contribution in [2.45, 2.75) is 33.2 Å². The molecule has 0 aliphatic heterocycles. The fourth-order valence-electron chi connectivity index (χ4n) is 2.84. The number of pyridine rings is 1. The molecule has 0 aliphatic carbocycles. The normalized spacial score (nSPS) is 11.2. The molecule has 2 aromatic rings. The van der Waals surface area contributed by atoms with Crippen LogP contribution in [-0.4, -0.2) is 37.1 Å². The van der Waals surface area contributed by atoms with E-state index in [1.165, 1.54) is 38.0 Å². The summed E-state index contributed by atoms with van der Waals surface area (Å²) >= 11 is 6.08. The standard InChI is InChI=1S/C19H21ClN2O5.C2H6/c1-11(23)13-5-4-12(20)8-14(13)15-9-18(24)22(10-17(15)27-3)16(19(21)25)6-7-26-2;1-2/h4-5,8-10,16H,6-7H2,1-3H3,(H2,21,25);1-2H3. The SMILES string of the molecule is CC.COCCC(C(N)=O)n1cc(OC)c(-c2cc(Cl)ccc2C(C)=O)cc1=O. The van der Waals surface area contributed by atoms with Crippen LogP contribution in [0.25, 0.3) is 11.1 Å². The van der Waals surface area contributed by atoms with Crippen LogP contribution < -0.4 is 16.0 Å². The number of carbonyl (C=O) groups is 2. The largest absolute Gasteiger partial charge is 0.495 e. The highest BCUT2D eigenvalue weighted by Crippen LogP contribution is 2.34. The number of carbonyl (C=O) groups excluding carboxylic acids is 2. The lowest BCUT2D eigenvalue weighted by Gasteiger charge is -2.19. The third kappa shape index (κ3) is 5.92. The van der Waals surface area contributed by atoms with E-state index in [0.29, 0.717) is 27.5 Å². The minimum absolute atomic E-state index is 0.178. The highest BCUT2D eigenvalue weighted by Gasteiger charge is 2.22. The number of amides is 1. The van der Waals surface area contributed by atoms with Gasteiger partial charge >= 0.3 is 0 Å². The van der Waals surface area contributed by atoms with Gasteiger partial charge in [-0.2, -0.15) is 0 Å². The molecule has 29 heavy (non-hydrogen) atoms. The maximum absolute atomic E-state index is 12.7. The molecule has 1 heterocycles. The van der Waals surface area contributed by atoms with Gasteiger partial charge in [-0.05, 0) is 30.7 Å². The lowest BCUT2D eigenvalue weighted by Crippen LogP contribution is -2.34. The molecule has 0 saturated carbocycles. The summed E-state index contributed by atoms with van der Waals surface area (Å²) in [5.74, 6) is -0.526. The van der Waals surface area contributed by atoms with E-state index < -0.39 is 17.5 Å². The van der Waals surface area contributed by atoms with Crippen molar-refractivity contribution in [2.75, 3.05) is 20.8 Å². The number of nitrogens with two attached hydrogens (primary N) is 1. The number of hydrogen-bond donors (Lipinski definition) is 1. The maximum atomic E-state index is 12.7. The van der Waals surface area contributed by atoms with Crippen molar-refractivity contribution < 1.29 is 19.1 Å². The number of primary amides is 1. The molecule has 7 nitrogen and oxygen atoms in total. The minimum Gasteiger partial charge on any atom is -0.495 e. The Labute approximate surface area is 175 Å². The number of nitrogens with zero attached hydrogens (tertiary/aromatic N) is 1. The molecule has 1 aromatic carbocycles. The first kappa shape index (κ1) is 24.4. The van der Waals surface area contributed by atoms with Crippen molar-refractivity contribution in [1.82, 2.24) is 4.57 Å². The Morgan fingerprint density at radius 3 is 2.34 bits per heavy atom. The Bertz CT molecular complexity index is 924. The van der Waals surface area contributed by atoms with Crippen LogP contribution in [0.1, 0.15) is 43.6 Å². The van der Waals surface area contributed by atoms with Gasteiger partial charge in [0, 0.05) is 42.4 Å². The van der Waals surface area contributed by atoms with Crippen LogP contribution in [0.5, 0.6) is 5.75 Å². The molecule has 2 N–H and O–H groups in total. The van der Waals surface area contributed by atoms with E-state index in [4.69, 9.17) is 26.8 Å². The van der Waals surface area contributed by atoms with Crippen LogP contribution in [0.15, 0.2) is 35.3 Å². The highest BCUT2D eigenvalue weighted by atomic mass is 35.5. The second kappa shape index (κ2) is 11.4. The van der Waals surface area contributed by atoms with E-state index in [0.717, 1.165) is 0 Å². The van der Waals surface area contributed by atoms with Crippen LogP contribution in [0.4, 0.5) is 0 Å². The predicted molar refractivity (Wildman–Crippen MR) is 114 cm³/mol. The fraction of sp³-hybridized carbons (Fsp3) is 0.381. The van der Waals surface area contributed by atoms with Gasteiger partial charge in [-0.15, -0.1) is 0 Å². The van der Waals surface area contributed by atoms with Crippen LogP contribution in [0, 0.1) is 0 Å². The van der Waals surface area contributed by atoms with Gasteiger partial charge in [0.1, 0.15) is 11.8 Å². The summed E-state index contributed by atoms with van der Waals surface area (Å²) in [7, 11) is 2.92. The van der Waals surface area contributed by atoms with Crippen molar-refractivity contribution in [3.63, 3.8) is 0 Å². The summed E-state index contributed by atoms with van der Waals surface area (Å²) in [5, 5.41) is 0.413. The molecule has 0 aliphatic rings. The van der Waals surface area contributed by atoms with Gasteiger partial charge in [-0.1, -0.05) is 25.4 Å². The van der Waals surface area contributed by atoms with Crippen molar-refractivity contribution >= 4 is 23.3 Å². The second-order valence-corrected chi connectivity index (χ2v) is 6.38. The lowest BCUT2D eigenvalue weighted by atomic mass is 9.97. The molecule has 1 unspecified atom stereocenters. The Hall–Kier alpha value is -2.64. The van der Waals surface area contributed by atoms with Crippen molar-refractivity contribution in [3.05, 3.63) is 51.4 Å². The summed E-state index contributed by atoms with van der Waals surface area (Å²) in [4.78, 5) is 36.5. The van der Waals surface area contributed by atoms with E-state index in [9.17, 15) is 14.4 Å². The van der Waals surface area contributed by atoms with Crippen molar-refractivity contribution in [3.8, 4) is 16.9 Å². The summed E-state index contributed by atoms with van der Waals surface area (Å²) in [5.41, 5.74) is 6.27. The first-order valence-corrected chi connectivity index (χ1v) is 9.57.